The molecule has 0 radical (unpaired) electrons. The average Bonchev–Trinajstić information content (AvgIpc) is 2.19. The highest BCUT2D eigenvalue weighted by molar-refractivity contribution is 14.1. The summed E-state index contributed by atoms with van der Waals surface area (Å²) in [6, 6.07) is 3.26. The van der Waals surface area contributed by atoms with Gasteiger partial charge in [-0.05, 0) is 34.7 Å². The molecule has 2 aromatic rings. The lowest BCUT2D eigenvalue weighted by Crippen LogP contribution is -2.10. The Balaban J connectivity index is 2.93. The van der Waals surface area contributed by atoms with Crippen LogP contribution in [0.3, 0.4) is 0 Å². The first-order chi connectivity index (χ1) is 7.49. The van der Waals surface area contributed by atoms with Gasteiger partial charge in [0.15, 0.2) is 5.43 Å². The minimum atomic E-state index is -1.22. The molecule has 2 rings (SSSR count). The van der Waals surface area contributed by atoms with Crippen LogP contribution in [0.2, 0.25) is 0 Å². The van der Waals surface area contributed by atoms with Crippen molar-refractivity contribution in [1.82, 2.24) is 4.98 Å². The first kappa shape index (κ1) is 11.1. The molecule has 1 aromatic heterocycles. The second-order valence-corrected chi connectivity index (χ2v) is 4.32. The Bertz CT molecular complexity index is 650. The summed E-state index contributed by atoms with van der Waals surface area (Å²) in [5.74, 6) is -1.75. The summed E-state index contributed by atoms with van der Waals surface area (Å²) in [4.78, 5) is 24.9. The predicted molar refractivity (Wildman–Crippen MR) is 64.2 cm³/mol. The van der Waals surface area contributed by atoms with Crippen LogP contribution in [0.25, 0.3) is 10.9 Å². The number of rotatable bonds is 1. The number of hydrogen-bond acceptors (Lipinski definition) is 2. The van der Waals surface area contributed by atoms with E-state index in [2.05, 4.69) is 4.98 Å². The summed E-state index contributed by atoms with van der Waals surface area (Å²) in [5, 5.41) is 8.92. The third-order valence-corrected chi connectivity index (χ3v) is 2.94. The summed E-state index contributed by atoms with van der Waals surface area (Å²) in [5.41, 5.74) is -0.377. The highest BCUT2D eigenvalue weighted by Crippen LogP contribution is 2.18. The lowest BCUT2D eigenvalue weighted by molar-refractivity contribution is 0.0691. The van der Waals surface area contributed by atoms with Crippen LogP contribution < -0.4 is 5.43 Å². The first-order valence-electron chi connectivity index (χ1n) is 4.24. The number of benzene rings is 1. The van der Waals surface area contributed by atoms with Crippen molar-refractivity contribution >= 4 is 39.5 Å². The van der Waals surface area contributed by atoms with E-state index in [9.17, 15) is 14.0 Å². The van der Waals surface area contributed by atoms with Crippen molar-refractivity contribution in [2.24, 2.45) is 0 Å². The molecular formula is C10H5FINO3. The maximum atomic E-state index is 13.1. The molecule has 1 aromatic carbocycles. The predicted octanol–water partition coefficient (Wildman–Crippen LogP) is 1.97. The third-order valence-electron chi connectivity index (χ3n) is 2.09. The van der Waals surface area contributed by atoms with Gasteiger partial charge in [0.1, 0.15) is 11.5 Å². The van der Waals surface area contributed by atoms with Crippen LogP contribution in [0.5, 0.6) is 0 Å². The highest BCUT2D eigenvalue weighted by Gasteiger charge is 2.10. The van der Waals surface area contributed by atoms with E-state index >= 15 is 0 Å². The monoisotopic (exact) mass is 333 g/mol. The van der Waals surface area contributed by atoms with Gasteiger partial charge in [0.05, 0.1) is 5.52 Å². The molecule has 0 aliphatic carbocycles. The third kappa shape index (κ3) is 1.80. The summed E-state index contributed by atoms with van der Waals surface area (Å²) in [6.07, 6.45) is 0. The molecule has 0 aliphatic rings. The molecule has 0 amide bonds. The summed E-state index contributed by atoms with van der Waals surface area (Å²) >= 11 is 1.84. The molecule has 2 N–H and O–H groups in total. The number of H-pyrrole nitrogens is 1. The summed E-state index contributed by atoms with van der Waals surface area (Å²) in [6.45, 7) is 0. The molecule has 0 saturated heterocycles. The highest BCUT2D eigenvalue weighted by atomic mass is 127. The molecule has 4 nitrogen and oxygen atoms in total. The maximum absolute atomic E-state index is 13.1. The Hall–Kier alpha value is -1.44. The number of pyridine rings is 1. The Kier molecular flexibility index (Phi) is 2.66. The van der Waals surface area contributed by atoms with Crippen LogP contribution in [-0.2, 0) is 0 Å². The molecule has 0 saturated carbocycles. The van der Waals surface area contributed by atoms with Crippen molar-refractivity contribution in [2.45, 2.75) is 0 Å². The second-order valence-electron chi connectivity index (χ2n) is 3.16. The van der Waals surface area contributed by atoms with Gasteiger partial charge < -0.3 is 10.1 Å². The smallest absolute Gasteiger partial charge is 0.352 e. The lowest BCUT2D eigenvalue weighted by Gasteiger charge is -2.02. The van der Waals surface area contributed by atoms with Gasteiger partial charge in [-0.15, -0.1) is 0 Å². The van der Waals surface area contributed by atoms with E-state index in [1.54, 1.807) is 0 Å². The molecule has 0 spiro atoms. The van der Waals surface area contributed by atoms with E-state index in [0.717, 1.165) is 12.1 Å². The molecular weight excluding hydrogens is 328 g/mol. The van der Waals surface area contributed by atoms with Crippen molar-refractivity contribution in [2.75, 3.05) is 0 Å². The average molecular weight is 333 g/mol. The fraction of sp³-hybridized carbons (Fsp3) is 0. The standard InChI is InChI=1S/C10H5FINO3/c11-4-1-5-8(14)3-7(10(15)16)13-9(5)6(12)2-4/h1-3H,(H,13,14)(H,15,16). The van der Waals surface area contributed by atoms with E-state index in [4.69, 9.17) is 5.11 Å². The van der Waals surface area contributed by atoms with Crippen LogP contribution in [-0.4, -0.2) is 16.1 Å². The quantitative estimate of drug-likeness (QED) is 0.784. The number of aromatic nitrogens is 1. The van der Waals surface area contributed by atoms with Gasteiger partial charge >= 0.3 is 5.97 Å². The normalized spacial score (nSPS) is 10.6. The topological polar surface area (TPSA) is 70.2 Å². The minimum absolute atomic E-state index is 0.148. The molecule has 0 aliphatic heterocycles. The number of halogens is 2. The van der Waals surface area contributed by atoms with Gasteiger partial charge in [0, 0.05) is 15.0 Å². The van der Waals surface area contributed by atoms with Crippen LogP contribution in [0, 0.1) is 9.39 Å². The van der Waals surface area contributed by atoms with Gasteiger partial charge in [-0.25, -0.2) is 9.18 Å². The van der Waals surface area contributed by atoms with Crippen molar-refractivity contribution < 1.29 is 14.3 Å². The summed E-state index contributed by atoms with van der Waals surface area (Å²) < 4.78 is 13.5. The van der Waals surface area contributed by atoms with Crippen molar-refractivity contribution in [3.8, 4) is 0 Å². The van der Waals surface area contributed by atoms with E-state index in [0.29, 0.717) is 9.09 Å². The molecule has 0 unspecified atom stereocenters. The zero-order valence-corrected chi connectivity index (χ0v) is 9.91. The number of nitrogens with one attached hydrogen (secondary N) is 1. The van der Waals surface area contributed by atoms with Gasteiger partial charge in [-0.2, -0.15) is 0 Å². The van der Waals surface area contributed by atoms with Crippen LogP contribution in [0.15, 0.2) is 23.0 Å². The van der Waals surface area contributed by atoms with Crippen molar-refractivity contribution in [1.29, 1.82) is 0 Å². The fourth-order valence-electron chi connectivity index (χ4n) is 1.39. The molecule has 0 bridgehead atoms. The Morgan fingerprint density at radius 1 is 1.38 bits per heavy atom. The Morgan fingerprint density at radius 3 is 2.69 bits per heavy atom. The van der Waals surface area contributed by atoms with Gasteiger partial charge in [0.25, 0.3) is 0 Å². The zero-order chi connectivity index (χ0) is 11.9. The number of carboxylic acids is 1. The van der Waals surface area contributed by atoms with E-state index in [-0.39, 0.29) is 11.1 Å². The van der Waals surface area contributed by atoms with Crippen molar-refractivity contribution in [3.05, 3.63) is 43.5 Å². The number of aromatic amines is 1. The van der Waals surface area contributed by atoms with Gasteiger partial charge in [-0.1, -0.05) is 0 Å². The van der Waals surface area contributed by atoms with E-state index in [1.807, 2.05) is 22.6 Å². The number of hydrogen-bond donors (Lipinski definition) is 2. The van der Waals surface area contributed by atoms with E-state index in [1.165, 1.54) is 6.07 Å². The van der Waals surface area contributed by atoms with Gasteiger partial charge in [0.2, 0.25) is 0 Å². The minimum Gasteiger partial charge on any atom is -0.477 e. The van der Waals surface area contributed by atoms with E-state index < -0.39 is 17.2 Å². The second kappa shape index (κ2) is 3.85. The number of fused-ring (bicyclic) bond motifs is 1. The zero-order valence-electron chi connectivity index (χ0n) is 7.75. The number of carboxylic acid groups (broad SMARTS) is 1. The molecule has 6 heteroatoms. The molecule has 1 heterocycles. The maximum Gasteiger partial charge on any atom is 0.352 e. The molecule has 0 fully saturated rings. The van der Waals surface area contributed by atoms with Crippen LogP contribution in [0.4, 0.5) is 4.39 Å². The van der Waals surface area contributed by atoms with Crippen LogP contribution in [0.1, 0.15) is 10.5 Å². The fourth-order valence-corrected chi connectivity index (χ4v) is 2.11. The largest absolute Gasteiger partial charge is 0.477 e. The number of aromatic carboxylic acids is 1. The molecule has 16 heavy (non-hydrogen) atoms. The SMILES string of the molecule is O=C(O)c1cc(=O)c2cc(F)cc(I)c2[nH]1. The molecule has 0 atom stereocenters. The van der Waals surface area contributed by atoms with Crippen LogP contribution >= 0.6 is 22.6 Å². The number of carbonyl (C=O) groups is 1. The summed E-state index contributed by atoms with van der Waals surface area (Å²) in [7, 11) is 0. The Morgan fingerprint density at radius 2 is 2.06 bits per heavy atom. The first-order valence-corrected chi connectivity index (χ1v) is 5.32. The van der Waals surface area contributed by atoms with Gasteiger partial charge in [-0.3, -0.25) is 4.79 Å². The molecule has 82 valence electrons. The van der Waals surface area contributed by atoms with Crippen molar-refractivity contribution in [3.63, 3.8) is 0 Å². The Labute approximate surface area is 102 Å². The lowest BCUT2D eigenvalue weighted by atomic mass is 10.2.